The second-order valence-electron chi connectivity index (χ2n) is 7.85. The number of rotatable bonds is 6. The van der Waals surface area contributed by atoms with Crippen LogP contribution in [0.1, 0.15) is 28.1 Å². The molecule has 1 N–H and O–H groups in total. The molecule has 8 nitrogen and oxygen atoms in total. The monoisotopic (exact) mass is 530 g/mol. The van der Waals surface area contributed by atoms with Crippen molar-refractivity contribution in [2.24, 2.45) is 4.99 Å². The number of carbonyl (C=O) groups excluding carboxylic acids is 2. The second kappa shape index (κ2) is 10.6. The van der Waals surface area contributed by atoms with Crippen LogP contribution in [0.3, 0.4) is 0 Å². The third kappa shape index (κ3) is 5.50. The van der Waals surface area contributed by atoms with Crippen LogP contribution in [0.25, 0.3) is 0 Å². The van der Waals surface area contributed by atoms with Gasteiger partial charge in [0.15, 0.2) is 5.78 Å². The highest BCUT2D eigenvalue weighted by molar-refractivity contribution is 9.11. The summed E-state index contributed by atoms with van der Waals surface area (Å²) < 4.78 is 11.9. The fourth-order valence-electron chi connectivity index (χ4n) is 3.95. The van der Waals surface area contributed by atoms with Crippen LogP contribution in [0.2, 0.25) is 0 Å². The van der Waals surface area contributed by atoms with Gasteiger partial charge in [0.1, 0.15) is 11.4 Å². The zero-order valence-electron chi connectivity index (χ0n) is 17.9. The Kier molecular flexibility index (Phi) is 7.55. The van der Waals surface area contributed by atoms with Crippen LogP contribution < -0.4 is 10.2 Å². The molecule has 1 aromatic heterocycles. The molecule has 4 rings (SSSR count). The summed E-state index contributed by atoms with van der Waals surface area (Å²) >= 11 is 4.69. The summed E-state index contributed by atoms with van der Waals surface area (Å²) in [7, 11) is 0. The number of nitriles is 1. The van der Waals surface area contributed by atoms with Crippen LogP contribution in [0.4, 0.5) is 5.69 Å². The van der Waals surface area contributed by atoms with Gasteiger partial charge >= 0.3 is 0 Å². The molecule has 1 amide bonds. The summed E-state index contributed by atoms with van der Waals surface area (Å²) in [6.07, 6.45) is 3.06. The summed E-state index contributed by atoms with van der Waals surface area (Å²) in [5.74, 6) is 0.322. The van der Waals surface area contributed by atoms with Crippen molar-refractivity contribution in [2.45, 2.75) is 24.8 Å². The van der Waals surface area contributed by atoms with Crippen LogP contribution >= 0.6 is 27.3 Å². The van der Waals surface area contributed by atoms with Gasteiger partial charge in [0.2, 0.25) is 6.19 Å². The molecule has 0 radical (unpaired) electrons. The van der Waals surface area contributed by atoms with Crippen molar-refractivity contribution < 1.29 is 19.1 Å². The molecule has 2 saturated heterocycles. The molecule has 2 aliphatic heterocycles. The molecule has 0 aliphatic carbocycles. The third-order valence-electron chi connectivity index (χ3n) is 5.74. The number of nitrogens with zero attached hydrogens (tertiary/aromatic N) is 3. The summed E-state index contributed by atoms with van der Waals surface area (Å²) in [6, 6.07) is 11.2. The van der Waals surface area contributed by atoms with E-state index in [4.69, 9.17) is 14.7 Å². The first kappa shape index (κ1) is 23.6. The first-order valence-electron chi connectivity index (χ1n) is 10.6. The zero-order valence-corrected chi connectivity index (χ0v) is 20.3. The molecule has 1 atom stereocenters. The Morgan fingerprint density at radius 1 is 1.18 bits per heavy atom. The molecule has 3 heterocycles. The number of Topliss-reactive ketones (excluding diaryl/α,β-unsaturated/α-hetero) is 1. The fourth-order valence-corrected chi connectivity index (χ4v) is 5.24. The number of ketones is 1. The molecule has 2 fully saturated rings. The van der Waals surface area contributed by atoms with Crippen molar-refractivity contribution in [3.63, 3.8) is 0 Å². The maximum absolute atomic E-state index is 13.3. The maximum Gasteiger partial charge on any atom is 0.262 e. The van der Waals surface area contributed by atoms with E-state index in [0.717, 1.165) is 15.0 Å². The van der Waals surface area contributed by atoms with Crippen molar-refractivity contribution in [1.82, 2.24) is 5.32 Å². The number of halogens is 1. The molecular formula is C23H23BrN4O4S. The van der Waals surface area contributed by atoms with Gasteiger partial charge in [0.05, 0.1) is 28.5 Å². The topological polar surface area (TPSA) is 104 Å². The van der Waals surface area contributed by atoms with E-state index in [-0.39, 0.29) is 24.7 Å². The van der Waals surface area contributed by atoms with Crippen LogP contribution in [0.15, 0.2) is 45.2 Å². The molecule has 1 aromatic carbocycles. The standard InChI is InChI=1S/C23H23BrN4O4S/c24-20-6-5-18(33-20)22(30)27-23(8-11-32-14-23)19(29)13-16-1-3-17(4-2-16)28-9-12-31-10-7-21(28)26-15-25/h1-6H,7-14H2,(H,27,30)/t23-/m0/s1. The number of amidine groups is 1. The number of thiophene rings is 1. The molecule has 2 aliphatic rings. The van der Waals surface area contributed by atoms with E-state index >= 15 is 0 Å². The quantitative estimate of drug-likeness (QED) is 0.574. The molecule has 0 saturated carbocycles. The lowest BCUT2D eigenvalue weighted by Crippen LogP contribution is -2.55. The van der Waals surface area contributed by atoms with E-state index in [1.165, 1.54) is 11.3 Å². The van der Waals surface area contributed by atoms with Gasteiger partial charge in [-0.25, -0.2) is 0 Å². The van der Waals surface area contributed by atoms with E-state index in [1.807, 2.05) is 41.4 Å². The third-order valence-corrected chi connectivity index (χ3v) is 7.36. The van der Waals surface area contributed by atoms with Gasteiger partial charge in [-0.2, -0.15) is 10.3 Å². The Bertz CT molecular complexity index is 1090. The van der Waals surface area contributed by atoms with Gasteiger partial charge in [-0.15, -0.1) is 11.3 Å². The van der Waals surface area contributed by atoms with E-state index < -0.39 is 5.54 Å². The lowest BCUT2D eigenvalue weighted by molar-refractivity contribution is -0.124. The Morgan fingerprint density at radius 3 is 2.67 bits per heavy atom. The number of benzene rings is 1. The van der Waals surface area contributed by atoms with Crippen molar-refractivity contribution in [1.29, 1.82) is 5.26 Å². The SMILES string of the molecule is N#CN=C1CCOCCN1c1ccc(CC(=O)[C@]2(NC(=O)c3ccc(Br)s3)CCOC2)cc1. The minimum absolute atomic E-state index is 0.0772. The van der Waals surface area contributed by atoms with E-state index in [2.05, 4.69) is 26.2 Å². The number of hydrogen-bond donors (Lipinski definition) is 1. The molecule has 0 unspecified atom stereocenters. The van der Waals surface area contributed by atoms with Crippen molar-refractivity contribution in [3.05, 3.63) is 50.6 Å². The van der Waals surface area contributed by atoms with Crippen molar-refractivity contribution >= 4 is 50.5 Å². The normalized spacial score (nSPS) is 22.1. The molecule has 10 heteroatoms. The number of ether oxygens (including phenoxy) is 2. The molecule has 33 heavy (non-hydrogen) atoms. The highest BCUT2D eigenvalue weighted by Crippen LogP contribution is 2.27. The lowest BCUT2D eigenvalue weighted by Gasteiger charge is -2.27. The Hall–Kier alpha value is -2.58. The van der Waals surface area contributed by atoms with Crippen LogP contribution in [-0.4, -0.2) is 56.0 Å². The van der Waals surface area contributed by atoms with Gasteiger partial charge in [0, 0.05) is 38.1 Å². The Balaban J connectivity index is 1.47. The number of hydrogen-bond acceptors (Lipinski definition) is 7. The first-order chi connectivity index (χ1) is 16.0. The van der Waals surface area contributed by atoms with Crippen molar-refractivity contribution in [3.8, 4) is 6.19 Å². The minimum Gasteiger partial charge on any atom is -0.379 e. The van der Waals surface area contributed by atoms with E-state index in [1.54, 1.807) is 6.07 Å². The smallest absolute Gasteiger partial charge is 0.262 e. The molecule has 0 bridgehead atoms. The summed E-state index contributed by atoms with van der Waals surface area (Å²) in [4.78, 5) is 32.5. The predicted octanol–water partition coefficient (Wildman–Crippen LogP) is 3.32. The highest BCUT2D eigenvalue weighted by atomic mass is 79.9. The first-order valence-corrected chi connectivity index (χ1v) is 12.2. The largest absolute Gasteiger partial charge is 0.379 e. The van der Waals surface area contributed by atoms with Gasteiger partial charge in [-0.3, -0.25) is 9.59 Å². The lowest BCUT2D eigenvalue weighted by atomic mass is 9.88. The second-order valence-corrected chi connectivity index (χ2v) is 10.3. The Labute approximate surface area is 204 Å². The molecule has 172 valence electrons. The number of anilines is 1. The fraction of sp³-hybridized carbons (Fsp3) is 0.391. The van der Waals surface area contributed by atoms with Gasteiger partial charge in [-0.05, 0) is 45.8 Å². The number of nitrogens with one attached hydrogen (secondary N) is 1. The Morgan fingerprint density at radius 2 is 2.00 bits per heavy atom. The summed E-state index contributed by atoms with van der Waals surface area (Å²) in [5, 5.41) is 11.9. The average Bonchev–Trinajstić information content (AvgIpc) is 3.40. The summed E-state index contributed by atoms with van der Waals surface area (Å²) in [6.45, 7) is 2.28. The van der Waals surface area contributed by atoms with Crippen LogP contribution in [0.5, 0.6) is 0 Å². The average molecular weight is 531 g/mol. The molecule has 0 spiro atoms. The number of amides is 1. The van der Waals surface area contributed by atoms with Gasteiger partial charge in [-0.1, -0.05) is 12.1 Å². The van der Waals surface area contributed by atoms with Crippen LogP contribution in [-0.2, 0) is 20.7 Å². The number of carbonyl (C=O) groups is 2. The molecular weight excluding hydrogens is 508 g/mol. The zero-order chi connectivity index (χ0) is 23.3. The van der Waals surface area contributed by atoms with Crippen LogP contribution in [0, 0.1) is 11.5 Å². The van der Waals surface area contributed by atoms with Gasteiger partial charge in [0.25, 0.3) is 5.91 Å². The number of aliphatic imine (C=N–C) groups is 1. The highest BCUT2D eigenvalue weighted by Gasteiger charge is 2.43. The van der Waals surface area contributed by atoms with E-state index in [0.29, 0.717) is 49.9 Å². The predicted molar refractivity (Wildman–Crippen MR) is 129 cm³/mol. The minimum atomic E-state index is -1.03. The summed E-state index contributed by atoms with van der Waals surface area (Å²) in [5.41, 5.74) is 0.704. The van der Waals surface area contributed by atoms with Gasteiger partial charge < -0.3 is 19.7 Å². The van der Waals surface area contributed by atoms with E-state index in [9.17, 15) is 9.59 Å². The van der Waals surface area contributed by atoms with Crippen molar-refractivity contribution in [2.75, 3.05) is 37.9 Å². The maximum atomic E-state index is 13.3. The molecule has 2 aromatic rings.